The van der Waals surface area contributed by atoms with E-state index in [0.29, 0.717) is 17.8 Å². The van der Waals surface area contributed by atoms with Gasteiger partial charge in [-0.3, -0.25) is 4.68 Å². The smallest absolute Gasteiger partial charge is 0.141 e. The normalized spacial score (nSPS) is 18.6. The summed E-state index contributed by atoms with van der Waals surface area (Å²) in [6, 6.07) is 11.3. The average Bonchev–Trinajstić information content (AvgIpc) is 3.33. The molecule has 2 aromatic carbocycles. The number of piperidine rings is 1. The number of fused-ring (bicyclic) bond motifs is 1. The molecule has 1 N–H and O–H groups in total. The van der Waals surface area contributed by atoms with E-state index in [-0.39, 0.29) is 5.56 Å². The van der Waals surface area contributed by atoms with Gasteiger partial charge in [-0.15, -0.1) is 0 Å². The summed E-state index contributed by atoms with van der Waals surface area (Å²) in [5.74, 6) is 0.665. The zero-order valence-electron chi connectivity index (χ0n) is 19.0. The molecular formula is C26H28FN5O. The molecule has 0 aliphatic carbocycles. The summed E-state index contributed by atoms with van der Waals surface area (Å²) < 4.78 is 22.4. The van der Waals surface area contributed by atoms with Gasteiger partial charge in [0, 0.05) is 47.7 Å². The fourth-order valence-corrected chi connectivity index (χ4v) is 4.84. The number of nitriles is 1. The van der Waals surface area contributed by atoms with Gasteiger partial charge in [-0.1, -0.05) is 0 Å². The number of halogens is 1. The number of aromatic nitrogens is 2. The van der Waals surface area contributed by atoms with Crippen LogP contribution >= 0.6 is 0 Å². The number of rotatable bonds is 4. The Bertz CT molecular complexity index is 1210. The third-order valence-corrected chi connectivity index (χ3v) is 6.96. The highest BCUT2D eigenvalue weighted by molar-refractivity contribution is 5.78. The van der Waals surface area contributed by atoms with E-state index >= 15 is 0 Å². The van der Waals surface area contributed by atoms with Gasteiger partial charge in [-0.05, 0) is 70.0 Å². The predicted octanol–water partition coefficient (Wildman–Crippen LogP) is 5.05. The third kappa shape index (κ3) is 4.07. The first-order valence-electron chi connectivity index (χ1n) is 11.6. The number of anilines is 1. The number of hydrogen-bond acceptors (Lipinski definition) is 5. The molecule has 0 bridgehead atoms. The number of ether oxygens (including phenoxy) is 1. The molecule has 1 aromatic heterocycles. The van der Waals surface area contributed by atoms with Crippen LogP contribution in [0.4, 0.5) is 10.1 Å². The van der Waals surface area contributed by atoms with E-state index in [4.69, 9.17) is 4.74 Å². The maximum absolute atomic E-state index is 13.9. The molecule has 7 heteroatoms. The van der Waals surface area contributed by atoms with Crippen molar-refractivity contribution in [1.82, 2.24) is 15.1 Å². The van der Waals surface area contributed by atoms with Gasteiger partial charge in [0.05, 0.1) is 17.8 Å². The Kier molecular flexibility index (Phi) is 5.77. The van der Waals surface area contributed by atoms with Crippen LogP contribution in [0.25, 0.3) is 11.1 Å². The highest BCUT2D eigenvalue weighted by Gasteiger charge is 2.26. The number of hydrogen-bond donors (Lipinski definition) is 1. The Morgan fingerprint density at radius 1 is 1.18 bits per heavy atom. The van der Waals surface area contributed by atoms with E-state index in [1.807, 2.05) is 12.3 Å². The van der Waals surface area contributed by atoms with Crippen LogP contribution in [0.5, 0.6) is 11.5 Å². The molecule has 1 saturated heterocycles. The van der Waals surface area contributed by atoms with Gasteiger partial charge >= 0.3 is 0 Å². The van der Waals surface area contributed by atoms with Gasteiger partial charge in [0.25, 0.3) is 0 Å². The Morgan fingerprint density at radius 3 is 2.79 bits per heavy atom. The zero-order valence-corrected chi connectivity index (χ0v) is 19.0. The Hall–Kier alpha value is -3.37. The van der Waals surface area contributed by atoms with Crippen molar-refractivity contribution in [1.29, 1.82) is 5.26 Å². The summed E-state index contributed by atoms with van der Waals surface area (Å²) in [5.41, 5.74) is 4.20. The second kappa shape index (κ2) is 8.87. The minimum absolute atomic E-state index is 0.0247. The topological polar surface area (TPSA) is 66.1 Å². The number of nitrogens with zero attached hydrogens (tertiary/aromatic N) is 4. The molecule has 0 spiro atoms. The lowest BCUT2D eigenvalue weighted by atomic mass is 9.92. The summed E-state index contributed by atoms with van der Waals surface area (Å²) >= 11 is 0. The zero-order chi connectivity index (χ0) is 22.9. The van der Waals surface area contributed by atoms with Crippen molar-refractivity contribution in [2.75, 3.05) is 25.0 Å². The van der Waals surface area contributed by atoms with Crippen molar-refractivity contribution < 1.29 is 9.13 Å². The highest BCUT2D eigenvalue weighted by atomic mass is 19.1. The first-order valence-corrected chi connectivity index (χ1v) is 11.6. The SMILES string of the molecule is CC1CCc2c(ccc(-c3cnn(C4CCNCC4)c3)c2Oc2ccc(F)c(C#N)c2)N1C. The quantitative estimate of drug-likeness (QED) is 0.609. The summed E-state index contributed by atoms with van der Waals surface area (Å²) in [6.45, 7) is 4.23. The van der Waals surface area contributed by atoms with Gasteiger partial charge in [-0.2, -0.15) is 10.4 Å². The average molecular weight is 446 g/mol. The lowest BCUT2D eigenvalue weighted by Gasteiger charge is -2.35. The molecule has 0 amide bonds. The van der Waals surface area contributed by atoms with E-state index < -0.39 is 5.82 Å². The van der Waals surface area contributed by atoms with Crippen molar-refractivity contribution in [3.05, 3.63) is 59.7 Å². The van der Waals surface area contributed by atoms with E-state index in [0.717, 1.165) is 66.9 Å². The van der Waals surface area contributed by atoms with Crippen LogP contribution in [0.15, 0.2) is 42.7 Å². The molecule has 1 unspecified atom stereocenters. The molecule has 1 fully saturated rings. The van der Waals surface area contributed by atoms with Crippen molar-refractivity contribution in [2.45, 2.75) is 44.7 Å². The first-order chi connectivity index (χ1) is 16.0. The van der Waals surface area contributed by atoms with E-state index in [2.05, 4.69) is 52.3 Å². The molecule has 5 rings (SSSR count). The molecule has 0 saturated carbocycles. The van der Waals surface area contributed by atoms with Gasteiger partial charge in [0.1, 0.15) is 23.4 Å². The molecule has 3 heterocycles. The molecule has 33 heavy (non-hydrogen) atoms. The Morgan fingerprint density at radius 2 is 2.00 bits per heavy atom. The molecule has 3 aromatic rings. The molecule has 0 radical (unpaired) electrons. The van der Waals surface area contributed by atoms with Crippen LogP contribution in [-0.2, 0) is 6.42 Å². The number of benzene rings is 2. The Labute approximate surface area is 193 Å². The van der Waals surface area contributed by atoms with Gasteiger partial charge in [-0.25, -0.2) is 4.39 Å². The monoisotopic (exact) mass is 445 g/mol. The van der Waals surface area contributed by atoms with Crippen molar-refractivity contribution in [3.63, 3.8) is 0 Å². The van der Waals surface area contributed by atoms with Crippen LogP contribution in [0.2, 0.25) is 0 Å². The summed E-state index contributed by atoms with van der Waals surface area (Å²) in [4.78, 5) is 2.28. The minimum atomic E-state index is -0.544. The lowest BCUT2D eigenvalue weighted by molar-refractivity contribution is 0.343. The van der Waals surface area contributed by atoms with Gasteiger partial charge < -0.3 is 15.0 Å². The summed E-state index contributed by atoms with van der Waals surface area (Å²) in [5, 5.41) is 17.3. The van der Waals surface area contributed by atoms with E-state index in [1.165, 1.54) is 12.1 Å². The van der Waals surface area contributed by atoms with Crippen LogP contribution in [-0.4, -0.2) is 36.0 Å². The Balaban J connectivity index is 1.58. The predicted molar refractivity (Wildman–Crippen MR) is 126 cm³/mol. The largest absolute Gasteiger partial charge is 0.456 e. The third-order valence-electron chi connectivity index (χ3n) is 6.96. The molecule has 1 atom stereocenters. The molecule has 170 valence electrons. The second-order valence-corrected chi connectivity index (χ2v) is 8.98. The first kappa shape index (κ1) is 21.5. The fourth-order valence-electron chi connectivity index (χ4n) is 4.84. The van der Waals surface area contributed by atoms with Crippen LogP contribution < -0.4 is 15.0 Å². The molecule has 2 aliphatic rings. The van der Waals surface area contributed by atoms with E-state index in [9.17, 15) is 9.65 Å². The van der Waals surface area contributed by atoms with Gasteiger partial charge in [0.2, 0.25) is 0 Å². The number of nitrogens with one attached hydrogen (secondary N) is 1. The van der Waals surface area contributed by atoms with Crippen LogP contribution in [0, 0.1) is 17.1 Å². The second-order valence-electron chi connectivity index (χ2n) is 8.98. The maximum atomic E-state index is 13.9. The minimum Gasteiger partial charge on any atom is -0.456 e. The lowest BCUT2D eigenvalue weighted by Crippen LogP contribution is -2.33. The standard InChI is InChI=1S/C26H28FN5O/c1-17-3-5-23-25(31(17)2)8-6-22(19-15-30-32(16-19)20-9-11-29-12-10-20)26(23)33-21-4-7-24(27)18(13-21)14-28/h4,6-8,13,15-17,20,29H,3,5,9-12H2,1-2H3. The molecule has 2 aliphatic heterocycles. The van der Waals surface area contributed by atoms with E-state index in [1.54, 1.807) is 6.07 Å². The van der Waals surface area contributed by atoms with Crippen LogP contribution in [0.3, 0.4) is 0 Å². The fraction of sp³-hybridized carbons (Fsp3) is 0.385. The van der Waals surface area contributed by atoms with Crippen molar-refractivity contribution in [2.24, 2.45) is 0 Å². The van der Waals surface area contributed by atoms with Crippen molar-refractivity contribution >= 4 is 5.69 Å². The van der Waals surface area contributed by atoms with Crippen LogP contribution in [0.1, 0.15) is 43.4 Å². The maximum Gasteiger partial charge on any atom is 0.141 e. The summed E-state index contributed by atoms with van der Waals surface area (Å²) in [7, 11) is 2.10. The summed E-state index contributed by atoms with van der Waals surface area (Å²) in [6.07, 6.45) is 8.03. The highest BCUT2D eigenvalue weighted by Crippen LogP contribution is 2.44. The van der Waals surface area contributed by atoms with Gasteiger partial charge in [0.15, 0.2) is 0 Å². The van der Waals surface area contributed by atoms with Crippen molar-refractivity contribution in [3.8, 4) is 28.7 Å². The molecule has 6 nitrogen and oxygen atoms in total. The molecular weight excluding hydrogens is 417 g/mol.